The van der Waals surface area contributed by atoms with Gasteiger partial charge in [0.05, 0.1) is 12.2 Å². The predicted molar refractivity (Wildman–Crippen MR) is 116 cm³/mol. The van der Waals surface area contributed by atoms with Crippen LogP contribution in [0.15, 0.2) is 24.3 Å². The molecule has 160 valence electrons. The molecular formula is C24H30N2O4. The van der Waals surface area contributed by atoms with Crippen molar-refractivity contribution in [3.8, 4) is 11.1 Å². The number of amides is 1. The Morgan fingerprint density at radius 1 is 1.07 bits per heavy atom. The molecule has 1 aliphatic heterocycles. The van der Waals surface area contributed by atoms with Crippen LogP contribution in [0.25, 0.3) is 11.1 Å². The average molecular weight is 411 g/mol. The molecule has 1 aromatic carbocycles. The number of hydrogen-bond acceptors (Lipinski definition) is 4. The normalized spacial score (nSPS) is 18.9. The van der Waals surface area contributed by atoms with E-state index in [9.17, 15) is 14.4 Å². The third-order valence-corrected chi connectivity index (χ3v) is 5.58. The SMILES string of the molecule is CCOC(=O)c1c(C)[nH]c(C(=O)C(=O)N2C[C@H](C)C[C@H](C)C2)c1-c1ccc(C)cc1. The summed E-state index contributed by atoms with van der Waals surface area (Å²) in [6, 6.07) is 7.54. The molecule has 6 heteroatoms. The molecule has 2 aromatic rings. The van der Waals surface area contributed by atoms with Crippen LogP contribution in [0.1, 0.15) is 59.3 Å². The maximum absolute atomic E-state index is 13.3. The fourth-order valence-electron chi connectivity index (χ4n) is 4.34. The molecule has 1 saturated heterocycles. The van der Waals surface area contributed by atoms with E-state index in [2.05, 4.69) is 18.8 Å². The molecule has 0 spiro atoms. The topological polar surface area (TPSA) is 79.5 Å². The van der Waals surface area contributed by atoms with E-state index in [1.807, 2.05) is 31.2 Å². The van der Waals surface area contributed by atoms with Crippen molar-refractivity contribution in [1.82, 2.24) is 9.88 Å². The second kappa shape index (κ2) is 8.86. The van der Waals surface area contributed by atoms with Gasteiger partial charge in [-0.05, 0) is 44.6 Å². The standard InChI is InChI=1S/C24H30N2O4/c1-6-30-24(29)19-17(5)25-21(20(19)18-9-7-14(2)8-10-18)22(27)23(28)26-12-15(3)11-16(4)13-26/h7-10,15-16,25H,6,11-13H2,1-5H3/t15-,16+. The Morgan fingerprint density at radius 3 is 2.23 bits per heavy atom. The Kier molecular flexibility index (Phi) is 6.44. The molecule has 30 heavy (non-hydrogen) atoms. The number of Topliss-reactive ketones (excluding diaryl/α,β-unsaturated/α-hetero) is 1. The number of esters is 1. The fourth-order valence-corrected chi connectivity index (χ4v) is 4.34. The minimum Gasteiger partial charge on any atom is -0.462 e. The van der Waals surface area contributed by atoms with Crippen molar-refractivity contribution in [1.29, 1.82) is 0 Å². The van der Waals surface area contributed by atoms with Crippen LogP contribution < -0.4 is 0 Å². The van der Waals surface area contributed by atoms with E-state index in [0.717, 1.165) is 12.0 Å². The summed E-state index contributed by atoms with van der Waals surface area (Å²) < 4.78 is 5.23. The smallest absolute Gasteiger partial charge is 0.340 e. The number of aromatic amines is 1. The Labute approximate surface area is 177 Å². The molecule has 2 atom stereocenters. The van der Waals surface area contributed by atoms with Gasteiger partial charge in [-0.2, -0.15) is 0 Å². The summed E-state index contributed by atoms with van der Waals surface area (Å²) in [4.78, 5) is 43.7. The van der Waals surface area contributed by atoms with E-state index >= 15 is 0 Å². The molecule has 0 unspecified atom stereocenters. The Hall–Kier alpha value is -2.89. The van der Waals surface area contributed by atoms with Crippen molar-refractivity contribution in [2.45, 2.75) is 41.0 Å². The van der Waals surface area contributed by atoms with Gasteiger partial charge in [-0.15, -0.1) is 0 Å². The molecule has 1 aliphatic rings. The second-order valence-electron chi connectivity index (χ2n) is 8.45. The van der Waals surface area contributed by atoms with Gasteiger partial charge in [-0.3, -0.25) is 9.59 Å². The molecule has 0 radical (unpaired) electrons. The second-order valence-corrected chi connectivity index (χ2v) is 8.45. The van der Waals surface area contributed by atoms with Crippen LogP contribution in [0.5, 0.6) is 0 Å². The number of carbonyl (C=O) groups is 3. The summed E-state index contributed by atoms with van der Waals surface area (Å²) in [6.07, 6.45) is 1.04. The summed E-state index contributed by atoms with van der Waals surface area (Å²) in [7, 11) is 0. The summed E-state index contributed by atoms with van der Waals surface area (Å²) >= 11 is 0. The van der Waals surface area contributed by atoms with Crippen molar-refractivity contribution < 1.29 is 19.1 Å². The number of ether oxygens (including phenoxy) is 1. The molecule has 0 saturated carbocycles. The maximum Gasteiger partial charge on any atom is 0.340 e. The van der Waals surface area contributed by atoms with E-state index in [-0.39, 0.29) is 12.3 Å². The number of ketones is 1. The van der Waals surface area contributed by atoms with E-state index in [1.165, 1.54) is 0 Å². The average Bonchev–Trinajstić information content (AvgIpc) is 3.04. The summed E-state index contributed by atoms with van der Waals surface area (Å²) in [5.41, 5.74) is 3.16. The lowest BCUT2D eigenvalue weighted by atomic mass is 9.91. The van der Waals surface area contributed by atoms with Crippen LogP contribution in [0.3, 0.4) is 0 Å². The Balaban J connectivity index is 2.06. The highest BCUT2D eigenvalue weighted by atomic mass is 16.5. The number of nitrogens with one attached hydrogen (secondary N) is 1. The highest BCUT2D eigenvalue weighted by Gasteiger charge is 2.34. The van der Waals surface area contributed by atoms with Gasteiger partial charge >= 0.3 is 5.97 Å². The minimum absolute atomic E-state index is 0.148. The highest BCUT2D eigenvalue weighted by molar-refractivity contribution is 6.43. The molecule has 2 heterocycles. The molecule has 1 aromatic heterocycles. The van der Waals surface area contributed by atoms with Crippen LogP contribution >= 0.6 is 0 Å². The Bertz CT molecular complexity index is 948. The number of aromatic nitrogens is 1. The molecule has 1 N–H and O–H groups in total. The van der Waals surface area contributed by atoms with E-state index < -0.39 is 17.7 Å². The number of benzene rings is 1. The van der Waals surface area contributed by atoms with Crippen LogP contribution in [0, 0.1) is 25.7 Å². The van der Waals surface area contributed by atoms with Crippen molar-refractivity contribution in [3.63, 3.8) is 0 Å². The lowest BCUT2D eigenvalue weighted by molar-refractivity contribution is -0.129. The summed E-state index contributed by atoms with van der Waals surface area (Å²) in [6.45, 7) is 11.0. The zero-order chi connectivity index (χ0) is 22.0. The van der Waals surface area contributed by atoms with Crippen LogP contribution in [0.2, 0.25) is 0 Å². The third kappa shape index (κ3) is 4.32. The first kappa shape index (κ1) is 21.8. The quantitative estimate of drug-likeness (QED) is 0.456. The van der Waals surface area contributed by atoms with Gasteiger partial charge in [0.2, 0.25) is 0 Å². The number of hydrogen-bond donors (Lipinski definition) is 1. The molecule has 1 fully saturated rings. The van der Waals surface area contributed by atoms with Gasteiger partial charge in [-0.25, -0.2) is 4.79 Å². The summed E-state index contributed by atoms with van der Waals surface area (Å²) in [5.74, 6) is -0.956. The monoisotopic (exact) mass is 410 g/mol. The van der Waals surface area contributed by atoms with Gasteiger partial charge in [0, 0.05) is 24.3 Å². The van der Waals surface area contributed by atoms with Gasteiger partial charge in [0.1, 0.15) is 5.69 Å². The first-order chi connectivity index (χ1) is 14.2. The molecule has 0 aliphatic carbocycles. The zero-order valence-electron chi connectivity index (χ0n) is 18.4. The van der Waals surface area contributed by atoms with E-state index in [0.29, 0.717) is 47.3 Å². The number of H-pyrrole nitrogens is 1. The molecular weight excluding hydrogens is 380 g/mol. The van der Waals surface area contributed by atoms with Gasteiger partial charge in [-0.1, -0.05) is 43.7 Å². The molecule has 0 bridgehead atoms. The number of carbonyl (C=O) groups excluding carboxylic acids is 3. The lowest BCUT2D eigenvalue weighted by Crippen LogP contribution is -2.45. The molecule has 6 nitrogen and oxygen atoms in total. The molecule has 3 rings (SSSR count). The largest absolute Gasteiger partial charge is 0.462 e. The van der Waals surface area contributed by atoms with Gasteiger partial charge < -0.3 is 14.6 Å². The highest BCUT2D eigenvalue weighted by Crippen LogP contribution is 2.32. The number of nitrogens with zero attached hydrogens (tertiary/aromatic N) is 1. The number of rotatable bonds is 5. The number of aryl methyl sites for hydroxylation is 2. The first-order valence-corrected chi connectivity index (χ1v) is 10.5. The van der Waals surface area contributed by atoms with Crippen LogP contribution in [0.4, 0.5) is 0 Å². The van der Waals surface area contributed by atoms with Crippen molar-refractivity contribution >= 4 is 17.7 Å². The van der Waals surface area contributed by atoms with E-state index in [4.69, 9.17) is 4.74 Å². The van der Waals surface area contributed by atoms with Crippen LogP contribution in [-0.4, -0.2) is 47.2 Å². The fraction of sp³-hybridized carbons (Fsp3) is 0.458. The lowest BCUT2D eigenvalue weighted by Gasteiger charge is -2.34. The van der Waals surface area contributed by atoms with Crippen molar-refractivity contribution in [2.75, 3.05) is 19.7 Å². The Morgan fingerprint density at radius 2 is 1.67 bits per heavy atom. The van der Waals surface area contributed by atoms with Crippen LogP contribution in [-0.2, 0) is 9.53 Å². The van der Waals surface area contributed by atoms with Crippen molar-refractivity contribution in [3.05, 3.63) is 46.8 Å². The number of likely N-dealkylation sites (tertiary alicyclic amines) is 1. The first-order valence-electron chi connectivity index (χ1n) is 10.5. The van der Waals surface area contributed by atoms with E-state index in [1.54, 1.807) is 18.7 Å². The molecule has 1 amide bonds. The summed E-state index contributed by atoms with van der Waals surface area (Å²) in [5, 5.41) is 0. The van der Waals surface area contributed by atoms with Crippen molar-refractivity contribution in [2.24, 2.45) is 11.8 Å². The maximum atomic E-state index is 13.3. The third-order valence-electron chi connectivity index (χ3n) is 5.58. The number of piperidine rings is 1. The van der Waals surface area contributed by atoms with Gasteiger partial charge in [0.25, 0.3) is 11.7 Å². The predicted octanol–water partition coefficient (Wildman–Crippen LogP) is 4.16. The minimum atomic E-state index is -0.620. The zero-order valence-corrected chi connectivity index (χ0v) is 18.4. The van der Waals surface area contributed by atoms with Gasteiger partial charge in [0.15, 0.2) is 0 Å².